The molecular formula is C23H37N7O7. The smallest absolute Gasteiger partial charge is 0.312 e. The topological polar surface area (TPSA) is 223 Å². The Bertz CT molecular complexity index is 909. The highest BCUT2D eigenvalue weighted by atomic mass is 16.2. The number of Topliss-reactive ketones (excluding diaryl/α,β-unsaturated/α-hetero) is 1. The van der Waals surface area contributed by atoms with Crippen molar-refractivity contribution in [3.05, 3.63) is 12.2 Å². The summed E-state index contributed by atoms with van der Waals surface area (Å²) in [4.78, 5) is 84.8. The summed E-state index contributed by atoms with van der Waals surface area (Å²) in [7, 11) is 0. The van der Waals surface area contributed by atoms with Gasteiger partial charge in [0.25, 0.3) is 11.8 Å². The lowest BCUT2D eigenvalue weighted by molar-refractivity contribution is -0.137. The fourth-order valence-electron chi connectivity index (χ4n) is 3.50. The lowest BCUT2D eigenvalue weighted by Gasteiger charge is -2.28. The number of hydrogen-bond acceptors (Lipinski definition) is 7. The van der Waals surface area contributed by atoms with Crippen LogP contribution in [0.1, 0.15) is 52.9 Å². The van der Waals surface area contributed by atoms with Crippen molar-refractivity contribution < 1.29 is 33.6 Å². The fourth-order valence-corrected chi connectivity index (χ4v) is 3.50. The first kappa shape index (κ1) is 31.1. The predicted octanol–water partition coefficient (Wildman–Crippen LogP) is -1.22. The van der Waals surface area contributed by atoms with E-state index in [1.807, 2.05) is 0 Å². The molecule has 0 saturated carbocycles. The second-order valence-electron chi connectivity index (χ2n) is 9.57. The van der Waals surface area contributed by atoms with E-state index in [0.29, 0.717) is 6.42 Å². The highest BCUT2D eigenvalue weighted by molar-refractivity contribution is 6.13. The van der Waals surface area contributed by atoms with Gasteiger partial charge in [-0.3, -0.25) is 28.9 Å². The molecule has 1 rings (SSSR count). The lowest BCUT2D eigenvalue weighted by atomic mass is 9.84. The summed E-state index contributed by atoms with van der Waals surface area (Å²) in [6.07, 6.45) is 2.96. The molecule has 0 aromatic rings. The molecule has 8 amide bonds. The second kappa shape index (κ2) is 14.6. The van der Waals surface area contributed by atoms with Gasteiger partial charge in [-0.05, 0) is 25.7 Å². The van der Waals surface area contributed by atoms with Crippen LogP contribution in [0, 0.1) is 5.41 Å². The number of nitrogens with zero attached hydrogens (tertiary/aromatic N) is 1. The van der Waals surface area contributed by atoms with Crippen molar-refractivity contribution in [3.63, 3.8) is 0 Å². The Kier molecular flexibility index (Phi) is 12.2. The number of carbonyl (C=O) groups is 7. The minimum atomic E-state index is -1.07. The van der Waals surface area contributed by atoms with Crippen LogP contribution < -0.4 is 32.7 Å². The van der Waals surface area contributed by atoms with E-state index in [1.165, 1.54) is 0 Å². The van der Waals surface area contributed by atoms with Crippen LogP contribution >= 0.6 is 0 Å². The normalized spacial score (nSPS) is 14.6. The molecule has 0 spiro atoms. The van der Waals surface area contributed by atoms with Crippen molar-refractivity contribution in [2.24, 2.45) is 16.9 Å². The summed E-state index contributed by atoms with van der Waals surface area (Å²) in [6.45, 7) is 5.33. The van der Waals surface area contributed by atoms with Crippen molar-refractivity contribution in [1.29, 1.82) is 0 Å². The summed E-state index contributed by atoms with van der Waals surface area (Å²) < 4.78 is 0. The SMILES string of the molecule is CC(C)(C)C(=O)[C@H](CCCNC(N)=O)NC(=O)[C@H](CCCNC(N)=O)NC(=O)CCN1C(=O)C=CC1=O. The Hall–Kier alpha value is -3.97. The molecule has 1 heterocycles. The highest BCUT2D eigenvalue weighted by Gasteiger charge is 2.32. The summed E-state index contributed by atoms with van der Waals surface area (Å²) in [5.74, 6) is -2.50. The van der Waals surface area contributed by atoms with Gasteiger partial charge in [0.2, 0.25) is 11.8 Å². The number of amides is 8. The largest absolute Gasteiger partial charge is 0.352 e. The third-order valence-corrected chi connectivity index (χ3v) is 5.42. The van der Waals surface area contributed by atoms with Gasteiger partial charge in [0.05, 0.1) is 6.04 Å². The number of urea groups is 2. The number of ketones is 1. The zero-order chi connectivity index (χ0) is 28.2. The average molecular weight is 524 g/mol. The quantitative estimate of drug-likeness (QED) is 0.113. The molecule has 0 fully saturated rings. The van der Waals surface area contributed by atoms with Crippen LogP contribution in [0.4, 0.5) is 9.59 Å². The van der Waals surface area contributed by atoms with Gasteiger partial charge in [-0.15, -0.1) is 0 Å². The molecule has 0 radical (unpaired) electrons. The Balaban J connectivity index is 2.87. The van der Waals surface area contributed by atoms with Crippen molar-refractivity contribution in [3.8, 4) is 0 Å². The minimum Gasteiger partial charge on any atom is -0.352 e. The van der Waals surface area contributed by atoms with Crippen molar-refractivity contribution in [2.75, 3.05) is 19.6 Å². The van der Waals surface area contributed by atoms with Gasteiger partial charge in [-0.2, -0.15) is 0 Å². The number of hydrogen-bond donors (Lipinski definition) is 6. The first-order valence-electron chi connectivity index (χ1n) is 12.0. The Labute approximate surface area is 215 Å². The van der Waals surface area contributed by atoms with Crippen molar-refractivity contribution in [2.45, 2.75) is 65.0 Å². The van der Waals surface area contributed by atoms with Crippen LogP contribution in [0.2, 0.25) is 0 Å². The molecule has 0 aromatic carbocycles. The maximum Gasteiger partial charge on any atom is 0.312 e. The molecule has 0 saturated heterocycles. The van der Waals surface area contributed by atoms with E-state index < -0.39 is 53.2 Å². The standard InChI is InChI=1S/C23H37N7O7/c1-23(2,3)19(34)14(6-4-11-26-21(24)36)29-20(35)15(7-5-12-27-22(25)37)28-16(31)10-13-30-17(32)8-9-18(30)33/h8-9,14-15H,4-7,10-13H2,1-3H3,(H,28,31)(H,29,35)(H3,24,26,36)(H3,25,27,37)/t14-,15-/m0/s1. The van der Waals surface area contributed by atoms with E-state index in [1.54, 1.807) is 20.8 Å². The van der Waals surface area contributed by atoms with Crippen LogP contribution in [-0.4, -0.2) is 78.1 Å². The highest BCUT2D eigenvalue weighted by Crippen LogP contribution is 2.19. The first-order valence-corrected chi connectivity index (χ1v) is 12.0. The Morgan fingerprint density at radius 3 is 1.78 bits per heavy atom. The Morgan fingerprint density at radius 1 is 0.838 bits per heavy atom. The van der Waals surface area contributed by atoms with E-state index in [-0.39, 0.29) is 51.1 Å². The molecular weight excluding hydrogens is 486 g/mol. The molecule has 37 heavy (non-hydrogen) atoms. The van der Waals surface area contributed by atoms with Crippen molar-refractivity contribution in [1.82, 2.24) is 26.2 Å². The number of rotatable bonds is 15. The second-order valence-corrected chi connectivity index (χ2v) is 9.57. The van der Waals surface area contributed by atoms with E-state index in [2.05, 4.69) is 21.3 Å². The lowest BCUT2D eigenvalue weighted by Crippen LogP contribution is -2.53. The van der Waals surface area contributed by atoms with Gasteiger partial charge < -0.3 is 32.7 Å². The molecule has 206 valence electrons. The van der Waals surface area contributed by atoms with Crippen molar-refractivity contribution >= 4 is 41.5 Å². The third kappa shape index (κ3) is 11.5. The molecule has 1 aliphatic heterocycles. The molecule has 0 unspecified atom stereocenters. The number of nitrogens with two attached hydrogens (primary N) is 2. The van der Waals surface area contributed by atoms with E-state index >= 15 is 0 Å². The molecule has 14 heteroatoms. The molecule has 2 atom stereocenters. The minimum absolute atomic E-state index is 0.112. The van der Waals surface area contributed by atoms with Crippen LogP contribution in [0.3, 0.4) is 0 Å². The number of carbonyl (C=O) groups excluding carboxylic acids is 7. The monoisotopic (exact) mass is 523 g/mol. The molecule has 14 nitrogen and oxygen atoms in total. The summed E-state index contributed by atoms with van der Waals surface area (Å²) in [5, 5.41) is 10.1. The van der Waals surface area contributed by atoms with Crippen LogP contribution in [0.15, 0.2) is 12.2 Å². The van der Waals surface area contributed by atoms with E-state index in [0.717, 1.165) is 17.1 Å². The molecule has 0 aromatic heterocycles. The van der Waals surface area contributed by atoms with Gasteiger partial charge in [-0.25, -0.2) is 9.59 Å². The summed E-state index contributed by atoms with van der Waals surface area (Å²) >= 11 is 0. The average Bonchev–Trinajstić information content (AvgIpc) is 3.11. The summed E-state index contributed by atoms with van der Waals surface area (Å²) in [6, 6.07) is -3.40. The van der Waals surface area contributed by atoms with Gasteiger partial charge in [0, 0.05) is 43.6 Å². The van der Waals surface area contributed by atoms with Gasteiger partial charge in [0.1, 0.15) is 6.04 Å². The predicted molar refractivity (Wildman–Crippen MR) is 132 cm³/mol. The number of imide groups is 1. The first-order chi connectivity index (χ1) is 17.2. The van der Waals surface area contributed by atoms with Gasteiger partial charge in [0.15, 0.2) is 5.78 Å². The fraction of sp³-hybridized carbons (Fsp3) is 0.609. The van der Waals surface area contributed by atoms with Crippen LogP contribution in [-0.2, 0) is 24.0 Å². The summed E-state index contributed by atoms with van der Waals surface area (Å²) in [5.41, 5.74) is 9.33. The van der Waals surface area contributed by atoms with E-state index in [9.17, 15) is 33.6 Å². The molecule has 0 bridgehead atoms. The van der Waals surface area contributed by atoms with Gasteiger partial charge in [-0.1, -0.05) is 20.8 Å². The van der Waals surface area contributed by atoms with E-state index in [4.69, 9.17) is 11.5 Å². The zero-order valence-electron chi connectivity index (χ0n) is 21.4. The van der Waals surface area contributed by atoms with Crippen LogP contribution in [0.5, 0.6) is 0 Å². The van der Waals surface area contributed by atoms with Crippen LogP contribution in [0.25, 0.3) is 0 Å². The Morgan fingerprint density at radius 2 is 1.32 bits per heavy atom. The molecule has 0 aliphatic carbocycles. The zero-order valence-corrected chi connectivity index (χ0v) is 21.4. The number of primary amides is 2. The maximum atomic E-state index is 13.1. The maximum absolute atomic E-state index is 13.1. The third-order valence-electron chi connectivity index (χ3n) is 5.42. The van der Waals surface area contributed by atoms with Gasteiger partial charge >= 0.3 is 12.1 Å². The molecule has 1 aliphatic rings. The number of nitrogens with one attached hydrogen (secondary N) is 4. The molecule has 8 N–H and O–H groups in total.